The van der Waals surface area contributed by atoms with Crippen molar-refractivity contribution in [1.29, 1.82) is 0 Å². The average molecular weight is 263 g/mol. The van der Waals surface area contributed by atoms with E-state index in [1.165, 1.54) is 16.1 Å². The largest absolute Gasteiger partial charge is 0.384 e. The highest BCUT2D eigenvalue weighted by Crippen LogP contribution is 2.28. The summed E-state index contributed by atoms with van der Waals surface area (Å²) < 4.78 is 0. The van der Waals surface area contributed by atoms with E-state index < -0.39 is 0 Å². The summed E-state index contributed by atoms with van der Waals surface area (Å²) in [4.78, 5) is 12.8. The maximum atomic E-state index is 11.6. The van der Waals surface area contributed by atoms with Crippen LogP contribution >= 0.6 is 11.8 Å². The summed E-state index contributed by atoms with van der Waals surface area (Å²) in [5.74, 6) is 1.32. The van der Waals surface area contributed by atoms with E-state index in [4.69, 9.17) is 0 Å². The Balaban J connectivity index is 1.75. The van der Waals surface area contributed by atoms with Crippen LogP contribution in [0.25, 0.3) is 0 Å². The highest BCUT2D eigenvalue weighted by Gasteiger charge is 2.10. The number of benzene rings is 1. The minimum atomic E-state index is 0.409. The number of anilines is 1. The molecule has 2 rings (SSSR count). The molecule has 0 atom stereocenters. The van der Waals surface area contributed by atoms with E-state index in [-0.39, 0.29) is 0 Å². The summed E-state index contributed by atoms with van der Waals surface area (Å²) >= 11 is 1.80. The second-order valence-corrected chi connectivity index (χ2v) is 5.90. The van der Waals surface area contributed by atoms with Crippen LogP contribution in [-0.4, -0.2) is 18.1 Å². The summed E-state index contributed by atoms with van der Waals surface area (Å²) in [5.41, 5.74) is 2.69. The van der Waals surface area contributed by atoms with Crippen LogP contribution in [0.3, 0.4) is 0 Å². The third kappa shape index (κ3) is 3.77. The van der Waals surface area contributed by atoms with Crippen LogP contribution < -0.4 is 5.32 Å². The number of unbranched alkanes of at least 4 members (excludes halogenated alkanes) is 1. The average Bonchev–Trinajstić information content (AvgIpc) is 2.83. The van der Waals surface area contributed by atoms with Crippen LogP contribution in [0.4, 0.5) is 5.69 Å². The number of Topliss-reactive ketones (excluding diaryl/α,β-unsaturated/α-hetero) is 1. The molecular weight excluding hydrogens is 242 g/mol. The van der Waals surface area contributed by atoms with Gasteiger partial charge in [0, 0.05) is 35.7 Å². The SMILES string of the molecule is CCCCC(=O)CCSc1ccc2c(c1)CCN2. The van der Waals surface area contributed by atoms with E-state index in [1.807, 2.05) is 0 Å². The standard InChI is InChI=1S/C15H21NOS/c1-2-3-4-13(17)8-10-18-14-5-6-15-12(11-14)7-9-16-15/h5-6,11,16H,2-4,7-10H2,1H3. The van der Waals surface area contributed by atoms with Crippen molar-refractivity contribution >= 4 is 23.2 Å². The molecule has 0 aromatic heterocycles. The number of thioether (sulfide) groups is 1. The third-order valence-electron chi connectivity index (χ3n) is 3.25. The first kappa shape index (κ1) is 13.5. The second kappa shape index (κ2) is 6.83. The van der Waals surface area contributed by atoms with Crippen molar-refractivity contribution in [2.45, 2.75) is 43.9 Å². The van der Waals surface area contributed by atoms with E-state index in [1.54, 1.807) is 11.8 Å². The predicted octanol–water partition coefficient (Wildman–Crippen LogP) is 3.90. The lowest BCUT2D eigenvalue weighted by molar-refractivity contribution is -0.118. The van der Waals surface area contributed by atoms with Crippen molar-refractivity contribution in [1.82, 2.24) is 0 Å². The fourth-order valence-electron chi connectivity index (χ4n) is 2.15. The Morgan fingerprint density at radius 2 is 2.28 bits per heavy atom. The molecule has 0 radical (unpaired) electrons. The van der Waals surface area contributed by atoms with E-state index in [2.05, 4.69) is 30.4 Å². The van der Waals surface area contributed by atoms with Crippen LogP contribution in [0.1, 0.15) is 38.2 Å². The Morgan fingerprint density at radius 3 is 3.11 bits per heavy atom. The summed E-state index contributed by atoms with van der Waals surface area (Å²) in [5, 5.41) is 3.36. The fraction of sp³-hybridized carbons (Fsp3) is 0.533. The number of carbonyl (C=O) groups is 1. The molecule has 3 heteroatoms. The van der Waals surface area contributed by atoms with Gasteiger partial charge in [0.1, 0.15) is 5.78 Å². The van der Waals surface area contributed by atoms with Gasteiger partial charge in [-0.25, -0.2) is 0 Å². The summed E-state index contributed by atoms with van der Waals surface area (Å²) in [6, 6.07) is 6.57. The molecule has 1 N–H and O–H groups in total. The molecule has 0 fully saturated rings. The smallest absolute Gasteiger partial charge is 0.133 e. The quantitative estimate of drug-likeness (QED) is 0.757. The Bertz CT molecular complexity index is 417. The summed E-state index contributed by atoms with van der Waals surface area (Å²) in [6.07, 6.45) is 4.73. The van der Waals surface area contributed by atoms with Gasteiger partial charge in [0.05, 0.1) is 0 Å². The van der Waals surface area contributed by atoms with Crippen LogP contribution in [0.5, 0.6) is 0 Å². The molecule has 1 aliphatic rings. The van der Waals surface area contributed by atoms with Gasteiger partial charge in [-0.1, -0.05) is 13.3 Å². The van der Waals surface area contributed by atoms with Crippen LogP contribution in [0.2, 0.25) is 0 Å². The summed E-state index contributed by atoms with van der Waals surface area (Å²) in [6.45, 7) is 3.18. The minimum absolute atomic E-state index is 0.409. The van der Waals surface area contributed by atoms with Crippen molar-refractivity contribution in [2.75, 3.05) is 17.6 Å². The van der Waals surface area contributed by atoms with Crippen molar-refractivity contribution < 1.29 is 4.79 Å². The molecule has 98 valence electrons. The molecule has 1 aromatic rings. The lowest BCUT2D eigenvalue weighted by Crippen LogP contribution is -1.98. The van der Waals surface area contributed by atoms with Crippen LogP contribution in [-0.2, 0) is 11.2 Å². The van der Waals surface area contributed by atoms with Gasteiger partial charge in [0.25, 0.3) is 0 Å². The van der Waals surface area contributed by atoms with Crippen molar-refractivity contribution in [2.24, 2.45) is 0 Å². The molecule has 0 saturated heterocycles. The van der Waals surface area contributed by atoms with Gasteiger partial charge in [-0.15, -0.1) is 11.8 Å². The third-order valence-corrected chi connectivity index (χ3v) is 4.24. The molecule has 1 aliphatic heterocycles. The van der Waals surface area contributed by atoms with Gasteiger partial charge in [-0.3, -0.25) is 4.79 Å². The molecule has 0 spiro atoms. The zero-order valence-electron chi connectivity index (χ0n) is 11.0. The normalized spacial score (nSPS) is 13.2. The lowest BCUT2D eigenvalue weighted by Gasteiger charge is -2.04. The molecule has 2 nitrogen and oxygen atoms in total. The number of fused-ring (bicyclic) bond motifs is 1. The molecule has 1 heterocycles. The number of carbonyl (C=O) groups excluding carboxylic acids is 1. The number of nitrogens with one attached hydrogen (secondary N) is 1. The van der Waals surface area contributed by atoms with Crippen LogP contribution in [0.15, 0.2) is 23.1 Å². The fourth-order valence-corrected chi connectivity index (χ4v) is 3.11. The van der Waals surface area contributed by atoms with Gasteiger partial charge >= 0.3 is 0 Å². The highest BCUT2D eigenvalue weighted by molar-refractivity contribution is 7.99. The van der Waals surface area contributed by atoms with E-state index in [0.29, 0.717) is 12.2 Å². The van der Waals surface area contributed by atoms with E-state index in [0.717, 1.165) is 38.0 Å². The molecule has 0 aliphatic carbocycles. The van der Waals surface area contributed by atoms with Gasteiger partial charge in [0.2, 0.25) is 0 Å². The second-order valence-electron chi connectivity index (χ2n) is 4.74. The Hall–Kier alpha value is -0.960. The molecule has 0 bridgehead atoms. The van der Waals surface area contributed by atoms with Crippen molar-refractivity contribution in [3.8, 4) is 0 Å². The van der Waals surface area contributed by atoms with Gasteiger partial charge in [0.15, 0.2) is 0 Å². The van der Waals surface area contributed by atoms with Gasteiger partial charge in [-0.2, -0.15) is 0 Å². The lowest BCUT2D eigenvalue weighted by atomic mass is 10.1. The first-order valence-corrected chi connectivity index (χ1v) is 7.79. The molecule has 1 aromatic carbocycles. The number of ketones is 1. The van der Waals surface area contributed by atoms with Crippen molar-refractivity contribution in [3.05, 3.63) is 23.8 Å². The molecular formula is C15H21NOS. The zero-order valence-corrected chi connectivity index (χ0v) is 11.8. The monoisotopic (exact) mass is 263 g/mol. The Labute approximate surface area is 114 Å². The van der Waals surface area contributed by atoms with Crippen molar-refractivity contribution in [3.63, 3.8) is 0 Å². The number of rotatable bonds is 7. The Morgan fingerprint density at radius 1 is 1.39 bits per heavy atom. The Kier molecular flexibility index (Phi) is 5.12. The van der Waals surface area contributed by atoms with Crippen LogP contribution in [0, 0.1) is 0 Å². The van der Waals surface area contributed by atoms with E-state index in [9.17, 15) is 4.79 Å². The highest BCUT2D eigenvalue weighted by atomic mass is 32.2. The molecule has 0 saturated carbocycles. The molecule has 18 heavy (non-hydrogen) atoms. The molecule has 0 unspecified atom stereocenters. The summed E-state index contributed by atoms with van der Waals surface area (Å²) in [7, 11) is 0. The molecule has 0 amide bonds. The minimum Gasteiger partial charge on any atom is -0.384 e. The first-order valence-electron chi connectivity index (χ1n) is 6.81. The number of hydrogen-bond donors (Lipinski definition) is 1. The first-order chi connectivity index (χ1) is 8.79. The maximum absolute atomic E-state index is 11.6. The maximum Gasteiger partial charge on any atom is 0.133 e. The van der Waals surface area contributed by atoms with E-state index >= 15 is 0 Å². The topological polar surface area (TPSA) is 29.1 Å². The van der Waals surface area contributed by atoms with Gasteiger partial charge < -0.3 is 5.32 Å². The number of hydrogen-bond acceptors (Lipinski definition) is 3. The van der Waals surface area contributed by atoms with Gasteiger partial charge in [-0.05, 0) is 36.6 Å². The predicted molar refractivity (Wildman–Crippen MR) is 78.5 cm³/mol. The zero-order chi connectivity index (χ0) is 12.8.